The zero-order valence-electron chi connectivity index (χ0n) is 7.99. The normalized spacial score (nSPS) is 22.6. The summed E-state index contributed by atoms with van der Waals surface area (Å²) in [5, 5.41) is 2.24. The Morgan fingerprint density at radius 1 is 1.69 bits per heavy atom. The summed E-state index contributed by atoms with van der Waals surface area (Å²) in [5.74, 6) is 0.709. The molecule has 2 N–H and O–H groups in total. The van der Waals surface area contributed by atoms with Gasteiger partial charge in [-0.15, -0.1) is 11.3 Å². The number of rotatable bonds is 2. The molecule has 1 fully saturated rings. The smallest absolute Gasteiger partial charge is 0.0477 e. The molecule has 0 amide bonds. The second kappa shape index (κ2) is 3.68. The van der Waals surface area contributed by atoms with Crippen molar-refractivity contribution >= 4 is 17.0 Å². The quantitative estimate of drug-likeness (QED) is 0.782. The number of hydrogen-bond acceptors (Lipinski definition) is 3. The van der Waals surface area contributed by atoms with Crippen molar-refractivity contribution in [3.8, 4) is 0 Å². The van der Waals surface area contributed by atoms with Crippen LogP contribution in [0.25, 0.3) is 0 Å². The maximum atomic E-state index is 5.66. The van der Waals surface area contributed by atoms with Gasteiger partial charge in [0.1, 0.15) is 0 Å². The van der Waals surface area contributed by atoms with Gasteiger partial charge in [-0.3, -0.25) is 0 Å². The van der Waals surface area contributed by atoms with Crippen LogP contribution < -0.4 is 10.6 Å². The van der Waals surface area contributed by atoms with Crippen LogP contribution in [-0.4, -0.2) is 19.6 Å². The van der Waals surface area contributed by atoms with Gasteiger partial charge >= 0.3 is 0 Å². The molecule has 1 atom stereocenters. The Balaban J connectivity index is 2.03. The number of thiophene rings is 1. The largest absolute Gasteiger partial charge is 0.371 e. The van der Waals surface area contributed by atoms with Crippen LogP contribution in [0.1, 0.15) is 11.3 Å². The summed E-state index contributed by atoms with van der Waals surface area (Å²) < 4.78 is 0. The van der Waals surface area contributed by atoms with E-state index in [2.05, 4.69) is 23.3 Å². The predicted octanol–water partition coefficient (Wildman–Crippen LogP) is 1.84. The maximum absolute atomic E-state index is 5.66. The first kappa shape index (κ1) is 9.03. The van der Waals surface area contributed by atoms with Crippen LogP contribution in [0.2, 0.25) is 0 Å². The Bertz CT molecular complexity index is 282. The molecule has 2 heterocycles. The average Bonchev–Trinajstić information content (AvgIpc) is 2.71. The third-order valence-electron chi connectivity index (χ3n) is 2.70. The van der Waals surface area contributed by atoms with Crippen molar-refractivity contribution in [2.45, 2.75) is 13.3 Å². The lowest BCUT2D eigenvalue weighted by molar-refractivity contribution is 0.603. The summed E-state index contributed by atoms with van der Waals surface area (Å²) in [4.78, 5) is 3.84. The number of nitrogens with two attached hydrogens (primary N) is 1. The highest BCUT2D eigenvalue weighted by Crippen LogP contribution is 2.27. The summed E-state index contributed by atoms with van der Waals surface area (Å²) >= 11 is 1.83. The van der Waals surface area contributed by atoms with Gasteiger partial charge in [0.25, 0.3) is 0 Å². The van der Waals surface area contributed by atoms with Gasteiger partial charge < -0.3 is 10.6 Å². The minimum Gasteiger partial charge on any atom is -0.371 e. The van der Waals surface area contributed by atoms with Crippen molar-refractivity contribution in [3.63, 3.8) is 0 Å². The lowest BCUT2D eigenvalue weighted by atomic mass is 10.1. The fourth-order valence-electron chi connectivity index (χ4n) is 1.85. The predicted molar refractivity (Wildman–Crippen MR) is 58.4 cm³/mol. The highest BCUT2D eigenvalue weighted by Gasteiger charge is 2.21. The standard InChI is InChI=1S/C10H16N2S/c1-8-4-10(7-13-8)12-3-2-9(5-11)6-12/h4,7,9H,2-3,5-6,11H2,1H3. The van der Waals surface area contributed by atoms with Gasteiger partial charge in [-0.05, 0) is 31.9 Å². The monoisotopic (exact) mass is 196 g/mol. The first-order chi connectivity index (χ1) is 6.29. The molecule has 0 saturated carbocycles. The number of anilines is 1. The summed E-state index contributed by atoms with van der Waals surface area (Å²) in [6.45, 7) is 5.31. The third-order valence-corrected chi connectivity index (χ3v) is 3.55. The van der Waals surface area contributed by atoms with E-state index >= 15 is 0 Å². The maximum Gasteiger partial charge on any atom is 0.0477 e. The SMILES string of the molecule is Cc1cc(N2CCC(CN)C2)cs1. The van der Waals surface area contributed by atoms with Crippen molar-refractivity contribution in [3.05, 3.63) is 16.3 Å². The molecule has 2 nitrogen and oxygen atoms in total. The van der Waals surface area contributed by atoms with E-state index in [1.165, 1.54) is 23.5 Å². The van der Waals surface area contributed by atoms with E-state index in [9.17, 15) is 0 Å². The molecule has 1 aromatic rings. The minimum atomic E-state index is 0.709. The fraction of sp³-hybridized carbons (Fsp3) is 0.600. The van der Waals surface area contributed by atoms with Crippen molar-refractivity contribution in [2.75, 3.05) is 24.5 Å². The molecule has 0 bridgehead atoms. The Kier molecular flexibility index (Phi) is 2.56. The van der Waals surface area contributed by atoms with Crippen LogP contribution in [0.4, 0.5) is 5.69 Å². The highest BCUT2D eigenvalue weighted by molar-refractivity contribution is 7.10. The second-order valence-corrected chi connectivity index (χ2v) is 4.87. The molecular weight excluding hydrogens is 180 g/mol. The van der Waals surface area contributed by atoms with E-state index in [1.54, 1.807) is 0 Å². The van der Waals surface area contributed by atoms with Gasteiger partial charge in [-0.1, -0.05) is 0 Å². The minimum absolute atomic E-state index is 0.709. The molecule has 0 aliphatic carbocycles. The molecule has 72 valence electrons. The fourth-order valence-corrected chi connectivity index (χ4v) is 2.57. The zero-order chi connectivity index (χ0) is 9.26. The Labute approximate surface area is 83.4 Å². The summed E-state index contributed by atoms with van der Waals surface area (Å²) in [7, 11) is 0. The lowest BCUT2D eigenvalue weighted by Crippen LogP contribution is -2.22. The summed E-state index contributed by atoms with van der Waals surface area (Å²) in [6.07, 6.45) is 1.26. The first-order valence-electron chi connectivity index (χ1n) is 4.79. The van der Waals surface area contributed by atoms with E-state index in [0.717, 1.165) is 13.1 Å². The van der Waals surface area contributed by atoms with Gasteiger partial charge in [0.15, 0.2) is 0 Å². The van der Waals surface area contributed by atoms with Crippen LogP contribution in [0.3, 0.4) is 0 Å². The number of nitrogens with zero attached hydrogens (tertiary/aromatic N) is 1. The molecule has 3 heteroatoms. The van der Waals surface area contributed by atoms with Crippen LogP contribution in [0.5, 0.6) is 0 Å². The van der Waals surface area contributed by atoms with Gasteiger partial charge in [0, 0.05) is 29.0 Å². The summed E-state index contributed by atoms with van der Waals surface area (Å²) in [5.41, 5.74) is 7.04. The zero-order valence-corrected chi connectivity index (χ0v) is 8.81. The molecule has 13 heavy (non-hydrogen) atoms. The lowest BCUT2D eigenvalue weighted by Gasteiger charge is -2.15. The molecule has 1 saturated heterocycles. The molecule has 0 aromatic carbocycles. The van der Waals surface area contributed by atoms with Crippen molar-refractivity contribution in [2.24, 2.45) is 11.7 Å². The van der Waals surface area contributed by atoms with Crippen LogP contribution in [-0.2, 0) is 0 Å². The summed E-state index contributed by atoms with van der Waals surface area (Å²) in [6, 6.07) is 2.27. The van der Waals surface area contributed by atoms with E-state index in [4.69, 9.17) is 5.73 Å². The number of aryl methyl sites for hydroxylation is 1. The van der Waals surface area contributed by atoms with Gasteiger partial charge in [0.2, 0.25) is 0 Å². The highest BCUT2D eigenvalue weighted by atomic mass is 32.1. The molecule has 1 unspecified atom stereocenters. The van der Waals surface area contributed by atoms with Crippen molar-refractivity contribution in [1.82, 2.24) is 0 Å². The van der Waals surface area contributed by atoms with Crippen molar-refractivity contribution < 1.29 is 0 Å². The average molecular weight is 196 g/mol. The topological polar surface area (TPSA) is 29.3 Å². The molecule has 1 aromatic heterocycles. The van der Waals surface area contributed by atoms with Crippen LogP contribution >= 0.6 is 11.3 Å². The number of hydrogen-bond donors (Lipinski definition) is 1. The Morgan fingerprint density at radius 2 is 2.54 bits per heavy atom. The van der Waals surface area contributed by atoms with Gasteiger partial charge in [-0.25, -0.2) is 0 Å². The van der Waals surface area contributed by atoms with Crippen LogP contribution in [0.15, 0.2) is 11.4 Å². The molecule has 1 aliphatic heterocycles. The Morgan fingerprint density at radius 3 is 3.08 bits per heavy atom. The van der Waals surface area contributed by atoms with E-state index in [-0.39, 0.29) is 0 Å². The molecule has 0 spiro atoms. The van der Waals surface area contributed by atoms with Gasteiger partial charge in [-0.2, -0.15) is 0 Å². The third kappa shape index (κ3) is 1.86. The van der Waals surface area contributed by atoms with E-state index in [1.807, 2.05) is 11.3 Å². The van der Waals surface area contributed by atoms with E-state index in [0.29, 0.717) is 5.92 Å². The Hall–Kier alpha value is -0.540. The first-order valence-corrected chi connectivity index (χ1v) is 5.67. The van der Waals surface area contributed by atoms with E-state index < -0.39 is 0 Å². The molecule has 1 aliphatic rings. The second-order valence-electron chi connectivity index (χ2n) is 3.75. The van der Waals surface area contributed by atoms with Crippen molar-refractivity contribution in [1.29, 1.82) is 0 Å². The van der Waals surface area contributed by atoms with Crippen LogP contribution in [0, 0.1) is 12.8 Å². The van der Waals surface area contributed by atoms with Gasteiger partial charge in [0.05, 0.1) is 0 Å². The molecule has 2 rings (SSSR count). The molecular formula is C10H16N2S. The molecule has 0 radical (unpaired) electrons.